The van der Waals surface area contributed by atoms with Gasteiger partial charge in [0.15, 0.2) is 0 Å². The second-order valence-corrected chi connectivity index (χ2v) is 13.4. The monoisotopic (exact) mass is 405 g/mol. The SMILES string of the molecule is CC(C)(C)[C@H]1COC(c2sccc2P(C2CCCCC2)C2CCCCC2)=N1. The molecular formula is C23H36NOPS. The van der Waals surface area contributed by atoms with E-state index in [0.29, 0.717) is 0 Å². The molecule has 2 aliphatic carbocycles. The van der Waals surface area contributed by atoms with Crippen molar-refractivity contribution in [3.05, 3.63) is 16.3 Å². The fraction of sp³-hybridized carbons (Fsp3) is 0.783. The molecule has 1 atom stereocenters. The van der Waals surface area contributed by atoms with Gasteiger partial charge in [-0.05, 0) is 59.2 Å². The second-order valence-electron chi connectivity index (χ2n) is 9.75. The van der Waals surface area contributed by atoms with Gasteiger partial charge in [0.05, 0.1) is 10.9 Å². The van der Waals surface area contributed by atoms with Crippen molar-refractivity contribution in [2.75, 3.05) is 6.61 Å². The number of ether oxygens (including phenoxy) is 1. The van der Waals surface area contributed by atoms with E-state index in [2.05, 4.69) is 32.2 Å². The Labute approximate surface area is 170 Å². The molecule has 0 unspecified atom stereocenters. The predicted molar refractivity (Wildman–Crippen MR) is 120 cm³/mol. The van der Waals surface area contributed by atoms with Crippen LogP contribution in [0.15, 0.2) is 16.4 Å². The summed E-state index contributed by atoms with van der Waals surface area (Å²) < 4.78 is 6.17. The van der Waals surface area contributed by atoms with Crippen molar-refractivity contribution in [2.45, 2.75) is 102 Å². The highest BCUT2D eigenvalue weighted by molar-refractivity contribution is 7.67. The number of rotatable bonds is 4. The molecule has 4 heteroatoms. The van der Waals surface area contributed by atoms with Crippen molar-refractivity contribution >= 4 is 30.5 Å². The van der Waals surface area contributed by atoms with Gasteiger partial charge in [0.1, 0.15) is 6.61 Å². The first-order valence-electron chi connectivity index (χ1n) is 11.1. The standard InChI is InChI=1S/C23H36NOPS/c1-23(2,3)20-16-25-22(24-20)21-19(14-15-27-21)26(17-10-6-4-7-11-17)18-12-8-5-9-13-18/h14-15,17-18,20H,4-13,16H2,1-3H3/t20-/m1/s1. The van der Waals surface area contributed by atoms with Gasteiger partial charge in [-0.1, -0.05) is 67.2 Å². The van der Waals surface area contributed by atoms with Crippen molar-refractivity contribution in [1.82, 2.24) is 0 Å². The van der Waals surface area contributed by atoms with E-state index in [-0.39, 0.29) is 19.4 Å². The minimum Gasteiger partial charge on any atom is -0.475 e. The van der Waals surface area contributed by atoms with E-state index in [1.165, 1.54) is 69.1 Å². The Hall–Kier alpha value is -0.400. The highest BCUT2D eigenvalue weighted by Gasteiger charge is 2.37. The molecule has 0 spiro atoms. The van der Waals surface area contributed by atoms with E-state index in [1.807, 2.05) is 11.3 Å². The molecule has 0 saturated heterocycles. The zero-order valence-corrected chi connectivity index (χ0v) is 19.1. The Kier molecular flexibility index (Phi) is 6.29. The molecule has 2 heterocycles. The Morgan fingerprint density at radius 2 is 1.56 bits per heavy atom. The van der Waals surface area contributed by atoms with Crippen LogP contribution in [0.4, 0.5) is 0 Å². The summed E-state index contributed by atoms with van der Waals surface area (Å²) >= 11 is 1.88. The molecule has 0 amide bonds. The van der Waals surface area contributed by atoms with Gasteiger partial charge in [-0.15, -0.1) is 11.3 Å². The lowest BCUT2D eigenvalue weighted by Gasteiger charge is -2.38. The maximum absolute atomic E-state index is 6.17. The third kappa shape index (κ3) is 4.45. The quantitative estimate of drug-likeness (QED) is 0.510. The van der Waals surface area contributed by atoms with Crippen LogP contribution in [0.1, 0.15) is 89.9 Å². The van der Waals surface area contributed by atoms with Crippen LogP contribution >= 0.6 is 19.3 Å². The van der Waals surface area contributed by atoms with Crippen molar-refractivity contribution in [3.63, 3.8) is 0 Å². The number of thiophene rings is 1. The first-order chi connectivity index (χ1) is 13.0. The van der Waals surface area contributed by atoms with Crippen LogP contribution in [0.2, 0.25) is 0 Å². The maximum Gasteiger partial charge on any atom is 0.227 e. The lowest BCUT2D eigenvalue weighted by atomic mass is 9.88. The molecular weight excluding hydrogens is 369 g/mol. The van der Waals surface area contributed by atoms with Crippen LogP contribution in [0.3, 0.4) is 0 Å². The molecule has 0 bridgehead atoms. The molecule has 0 N–H and O–H groups in total. The molecule has 1 aliphatic heterocycles. The van der Waals surface area contributed by atoms with Gasteiger partial charge < -0.3 is 4.74 Å². The summed E-state index contributed by atoms with van der Waals surface area (Å²) in [5, 5.41) is 3.95. The average Bonchev–Trinajstić information content (AvgIpc) is 3.33. The highest BCUT2D eigenvalue weighted by Crippen LogP contribution is 2.56. The molecule has 3 aliphatic rings. The van der Waals surface area contributed by atoms with Gasteiger partial charge in [-0.2, -0.15) is 0 Å². The third-order valence-electron chi connectivity index (χ3n) is 6.70. The van der Waals surface area contributed by atoms with Crippen LogP contribution in [-0.2, 0) is 4.74 Å². The summed E-state index contributed by atoms with van der Waals surface area (Å²) in [5.74, 6) is 0.957. The van der Waals surface area contributed by atoms with E-state index >= 15 is 0 Å². The van der Waals surface area contributed by atoms with Gasteiger partial charge >= 0.3 is 0 Å². The van der Waals surface area contributed by atoms with Gasteiger partial charge in [0, 0.05) is 0 Å². The highest BCUT2D eigenvalue weighted by atomic mass is 32.1. The van der Waals surface area contributed by atoms with E-state index in [9.17, 15) is 0 Å². The predicted octanol–water partition coefficient (Wildman–Crippen LogP) is 6.71. The van der Waals surface area contributed by atoms with Gasteiger partial charge in [-0.3, -0.25) is 0 Å². The van der Waals surface area contributed by atoms with Crippen LogP contribution < -0.4 is 5.30 Å². The Balaban J connectivity index is 1.64. The summed E-state index contributed by atoms with van der Waals surface area (Å²) in [6, 6.07) is 2.74. The number of nitrogens with zero attached hydrogens (tertiary/aromatic N) is 1. The molecule has 0 aromatic carbocycles. The van der Waals surface area contributed by atoms with E-state index in [1.54, 1.807) is 5.30 Å². The fourth-order valence-corrected chi connectivity index (χ4v) is 10.1. The van der Waals surface area contributed by atoms with Crippen LogP contribution in [-0.4, -0.2) is 29.9 Å². The molecule has 4 rings (SSSR count). The zero-order valence-electron chi connectivity index (χ0n) is 17.4. The smallest absolute Gasteiger partial charge is 0.227 e. The fourth-order valence-electron chi connectivity index (χ4n) is 5.02. The maximum atomic E-state index is 6.17. The molecule has 0 radical (unpaired) electrons. The Bertz CT molecular complexity index is 632. The minimum absolute atomic E-state index is 0.0847. The molecule has 1 aromatic heterocycles. The number of aliphatic imine (C=N–C) groups is 1. The summed E-state index contributed by atoms with van der Waals surface area (Å²) in [6.07, 6.45) is 14.5. The van der Waals surface area contributed by atoms with E-state index in [4.69, 9.17) is 9.73 Å². The molecule has 2 fully saturated rings. The minimum atomic E-state index is -0.0847. The zero-order chi connectivity index (χ0) is 18.9. The molecule has 1 aromatic rings. The Morgan fingerprint density at radius 3 is 2.07 bits per heavy atom. The van der Waals surface area contributed by atoms with Gasteiger partial charge in [-0.25, -0.2) is 4.99 Å². The number of hydrogen-bond donors (Lipinski definition) is 0. The second kappa shape index (κ2) is 8.54. The lowest BCUT2D eigenvalue weighted by molar-refractivity contribution is 0.236. The van der Waals surface area contributed by atoms with Crippen molar-refractivity contribution < 1.29 is 4.74 Å². The van der Waals surface area contributed by atoms with Gasteiger partial charge in [0.25, 0.3) is 0 Å². The summed E-state index contributed by atoms with van der Waals surface area (Å²) in [7, 11) is -0.0847. The number of hydrogen-bond acceptors (Lipinski definition) is 3. The average molecular weight is 406 g/mol. The third-order valence-corrected chi connectivity index (χ3v) is 11.3. The Morgan fingerprint density at radius 1 is 0.963 bits per heavy atom. The largest absolute Gasteiger partial charge is 0.475 e. The van der Waals surface area contributed by atoms with Gasteiger partial charge in [0.2, 0.25) is 5.90 Å². The first kappa shape index (κ1) is 19.9. The van der Waals surface area contributed by atoms with E-state index in [0.717, 1.165) is 23.8 Å². The first-order valence-corrected chi connectivity index (χ1v) is 13.5. The molecule has 2 nitrogen and oxygen atoms in total. The van der Waals surface area contributed by atoms with Crippen molar-refractivity contribution in [2.24, 2.45) is 10.4 Å². The normalized spacial score (nSPS) is 25.6. The van der Waals surface area contributed by atoms with Crippen LogP contribution in [0, 0.1) is 5.41 Å². The molecule has 150 valence electrons. The summed E-state index contributed by atoms with van der Waals surface area (Å²) in [6.45, 7) is 7.58. The van der Waals surface area contributed by atoms with Crippen LogP contribution in [0.5, 0.6) is 0 Å². The van der Waals surface area contributed by atoms with Crippen molar-refractivity contribution in [1.29, 1.82) is 0 Å². The summed E-state index contributed by atoms with van der Waals surface area (Å²) in [5.41, 5.74) is 2.05. The topological polar surface area (TPSA) is 21.6 Å². The van der Waals surface area contributed by atoms with Crippen molar-refractivity contribution in [3.8, 4) is 0 Å². The molecule has 2 saturated carbocycles. The lowest BCUT2D eigenvalue weighted by Crippen LogP contribution is -2.27. The van der Waals surface area contributed by atoms with E-state index < -0.39 is 0 Å². The van der Waals surface area contributed by atoms with Crippen LogP contribution in [0.25, 0.3) is 0 Å². The summed E-state index contributed by atoms with van der Waals surface area (Å²) in [4.78, 5) is 6.43. The molecule has 27 heavy (non-hydrogen) atoms.